The predicted octanol–water partition coefficient (Wildman–Crippen LogP) is 2.50. The maximum Gasteiger partial charge on any atom is 0.320 e. The van der Waals surface area contributed by atoms with Gasteiger partial charge < -0.3 is 10.6 Å². The highest BCUT2D eigenvalue weighted by atomic mass is 16.2. The monoisotopic (exact) mass is 217 g/mol. The van der Waals surface area contributed by atoms with Gasteiger partial charge in [-0.25, -0.2) is 4.79 Å². The number of para-hydroxylation sites is 1. The van der Waals surface area contributed by atoms with Crippen molar-refractivity contribution in [2.45, 2.75) is 25.8 Å². The number of benzene rings is 1. The van der Waals surface area contributed by atoms with E-state index in [1.807, 2.05) is 31.2 Å². The van der Waals surface area contributed by atoms with Crippen LogP contribution in [0.25, 0.3) is 0 Å². The number of carbonyl (C=O) groups excluding carboxylic acids is 1. The van der Waals surface area contributed by atoms with Crippen LogP contribution in [-0.2, 0) is 0 Å². The molecule has 0 fully saturated rings. The lowest BCUT2D eigenvalue weighted by atomic mass is 10.2. The summed E-state index contributed by atoms with van der Waals surface area (Å²) >= 11 is 0. The van der Waals surface area contributed by atoms with Crippen LogP contribution in [0.5, 0.6) is 0 Å². The van der Waals surface area contributed by atoms with Gasteiger partial charge in [-0.1, -0.05) is 31.5 Å². The number of anilines is 1. The second-order valence-corrected chi connectivity index (χ2v) is 3.43. The summed E-state index contributed by atoms with van der Waals surface area (Å²) in [6, 6.07) is 10.4. The molecule has 1 unspecified atom stereocenters. The zero-order chi connectivity index (χ0) is 11.8. The van der Waals surface area contributed by atoms with Gasteiger partial charge >= 0.3 is 6.03 Å². The minimum Gasteiger partial charge on any atom is -0.322 e. The van der Waals surface area contributed by atoms with Crippen molar-refractivity contribution in [3.63, 3.8) is 0 Å². The zero-order valence-electron chi connectivity index (χ0n) is 9.23. The lowest BCUT2D eigenvalue weighted by Crippen LogP contribution is -2.36. The standard InChI is InChI=1S/C12H15N3O/c1-2-6-11(9-13)15-12(16)14-10-7-4-3-5-8-10/h3-5,7-8,11H,2,6H2,1H3,(H2,14,15,16). The van der Waals surface area contributed by atoms with Gasteiger partial charge in [0, 0.05) is 5.69 Å². The molecule has 1 aromatic carbocycles. The summed E-state index contributed by atoms with van der Waals surface area (Å²) in [6.07, 6.45) is 1.53. The second-order valence-electron chi connectivity index (χ2n) is 3.43. The summed E-state index contributed by atoms with van der Waals surface area (Å²) in [5.74, 6) is 0. The van der Waals surface area contributed by atoms with Crippen LogP contribution in [0.1, 0.15) is 19.8 Å². The highest BCUT2D eigenvalue weighted by Crippen LogP contribution is 2.04. The highest BCUT2D eigenvalue weighted by Gasteiger charge is 2.09. The number of hydrogen-bond donors (Lipinski definition) is 2. The number of nitrogens with zero attached hydrogens (tertiary/aromatic N) is 1. The van der Waals surface area contributed by atoms with E-state index < -0.39 is 6.04 Å². The van der Waals surface area contributed by atoms with Gasteiger partial charge in [0.05, 0.1) is 6.07 Å². The van der Waals surface area contributed by atoms with Gasteiger partial charge in [0.25, 0.3) is 0 Å². The third-order valence-electron chi connectivity index (χ3n) is 2.07. The molecule has 0 aromatic heterocycles. The van der Waals surface area contributed by atoms with E-state index in [1.165, 1.54) is 0 Å². The molecule has 4 heteroatoms. The summed E-state index contributed by atoms with van der Waals surface area (Å²) < 4.78 is 0. The third-order valence-corrected chi connectivity index (χ3v) is 2.07. The molecular formula is C12H15N3O. The van der Waals surface area contributed by atoms with E-state index in [0.717, 1.165) is 6.42 Å². The van der Waals surface area contributed by atoms with Gasteiger partial charge in [-0.3, -0.25) is 0 Å². The molecule has 0 radical (unpaired) electrons. The largest absolute Gasteiger partial charge is 0.322 e. The molecule has 1 aromatic rings. The Hall–Kier alpha value is -2.02. The molecule has 2 amide bonds. The van der Waals surface area contributed by atoms with Crippen LogP contribution in [0, 0.1) is 11.3 Å². The van der Waals surface area contributed by atoms with Crippen molar-refractivity contribution >= 4 is 11.7 Å². The van der Waals surface area contributed by atoms with Crippen LogP contribution in [0.3, 0.4) is 0 Å². The smallest absolute Gasteiger partial charge is 0.320 e. The first kappa shape index (κ1) is 12.1. The first-order chi connectivity index (χ1) is 7.76. The molecule has 0 bridgehead atoms. The van der Waals surface area contributed by atoms with Crippen molar-refractivity contribution in [1.82, 2.24) is 5.32 Å². The Bertz CT molecular complexity index is 370. The van der Waals surface area contributed by atoms with Crippen LogP contribution in [0.15, 0.2) is 30.3 Å². The van der Waals surface area contributed by atoms with Gasteiger partial charge in [-0.2, -0.15) is 5.26 Å². The average molecular weight is 217 g/mol. The zero-order valence-corrected chi connectivity index (χ0v) is 9.23. The number of rotatable bonds is 4. The summed E-state index contributed by atoms with van der Waals surface area (Å²) in [5, 5.41) is 14.0. The number of amides is 2. The van der Waals surface area contributed by atoms with E-state index in [0.29, 0.717) is 12.1 Å². The van der Waals surface area contributed by atoms with E-state index in [-0.39, 0.29) is 6.03 Å². The fourth-order valence-corrected chi connectivity index (χ4v) is 1.30. The molecular weight excluding hydrogens is 202 g/mol. The van der Waals surface area contributed by atoms with E-state index in [2.05, 4.69) is 10.6 Å². The molecule has 0 saturated heterocycles. The number of carbonyl (C=O) groups is 1. The Morgan fingerprint density at radius 1 is 1.44 bits per heavy atom. The quantitative estimate of drug-likeness (QED) is 0.813. The molecule has 0 aliphatic heterocycles. The van der Waals surface area contributed by atoms with Crippen LogP contribution < -0.4 is 10.6 Å². The van der Waals surface area contributed by atoms with Crippen molar-refractivity contribution in [2.24, 2.45) is 0 Å². The normalized spacial score (nSPS) is 11.2. The lowest BCUT2D eigenvalue weighted by molar-refractivity contribution is 0.250. The van der Waals surface area contributed by atoms with Crippen LogP contribution in [0.4, 0.5) is 10.5 Å². The molecule has 4 nitrogen and oxygen atoms in total. The molecule has 2 N–H and O–H groups in total. The van der Waals surface area contributed by atoms with Crippen LogP contribution in [-0.4, -0.2) is 12.1 Å². The number of nitriles is 1. The third kappa shape index (κ3) is 4.01. The van der Waals surface area contributed by atoms with E-state index in [4.69, 9.17) is 5.26 Å². The highest BCUT2D eigenvalue weighted by molar-refractivity contribution is 5.89. The Labute approximate surface area is 95.3 Å². The lowest BCUT2D eigenvalue weighted by Gasteiger charge is -2.11. The fourth-order valence-electron chi connectivity index (χ4n) is 1.30. The summed E-state index contributed by atoms with van der Waals surface area (Å²) in [6.45, 7) is 1.97. The van der Waals surface area contributed by atoms with Crippen LogP contribution in [0.2, 0.25) is 0 Å². The topological polar surface area (TPSA) is 64.9 Å². The predicted molar refractivity (Wildman–Crippen MR) is 62.9 cm³/mol. The molecule has 1 rings (SSSR count). The Morgan fingerprint density at radius 3 is 2.69 bits per heavy atom. The molecule has 0 saturated carbocycles. The van der Waals surface area contributed by atoms with E-state index >= 15 is 0 Å². The molecule has 0 aliphatic carbocycles. The minimum absolute atomic E-state index is 0.341. The van der Waals surface area contributed by atoms with Gasteiger partial charge in [0.1, 0.15) is 6.04 Å². The van der Waals surface area contributed by atoms with Gasteiger partial charge in [0.2, 0.25) is 0 Å². The summed E-state index contributed by atoms with van der Waals surface area (Å²) in [5.41, 5.74) is 0.716. The summed E-state index contributed by atoms with van der Waals surface area (Å²) in [4.78, 5) is 11.5. The molecule has 0 aliphatic rings. The maximum atomic E-state index is 11.5. The van der Waals surface area contributed by atoms with E-state index in [9.17, 15) is 4.79 Å². The molecule has 0 heterocycles. The molecule has 84 valence electrons. The second kappa shape index (κ2) is 6.46. The summed E-state index contributed by atoms with van der Waals surface area (Å²) in [7, 11) is 0. The SMILES string of the molecule is CCCC(C#N)NC(=O)Nc1ccccc1. The Morgan fingerprint density at radius 2 is 2.12 bits per heavy atom. The molecule has 0 spiro atoms. The maximum absolute atomic E-state index is 11.5. The average Bonchev–Trinajstić information content (AvgIpc) is 2.29. The van der Waals surface area contributed by atoms with E-state index in [1.54, 1.807) is 12.1 Å². The first-order valence-electron chi connectivity index (χ1n) is 5.28. The Balaban J connectivity index is 2.45. The molecule has 1 atom stereocenters. The molecule has 16 heavy (non-hydrogen) atoms. The fraction of sp³-hybridized carbons (Fsp3) is 0.333. The number of nitrogens with one attached hydrogen (secondary N) is 2. The Kier molecular flexibility index (Phi) is 4.87. The van der Waals surface area contributed by atoms with Crippen LogP contribution >= 0.6 is 0 Å². The number of hydrogen-bond acceptors (Lipinski definition) is 2. The van der Waals surface area contributed by atoms with Crippen molar-refractivity contribution in [1.29, 1.82) is 5.26 Å². The van der Waals surface area contributed by atoms with Crippen molar-refractivity contribution in [3.8, 4) is 6.07 Å². The van der Waals surface area contributed by atoms with Gasteiger partial charge in [-0.15, -0.1) is 0 Å². The van der Waals surface area contributed by atoms with Gasteiger partial charge in [0.15, 0.2) is 0 Å². The van der Waals surface area contributed by atoms with Crippen molar-refractivity contribution in [3.05, 3.63) is 30.3 Å². The number of urea groups is 1. The van der Waals surface area contributed by atoms with Crippen molar-refractivity contribution in [2.75, 3.05) is 5.32 Å². The minimum atomic E-state index is -0.422. The first-order valence-corrected chi connectivity index (χ1v) is 5.28. The van der Waals surface area contributed by atoms with Gasteiger partial charge in [-0.05, 0) is 18.6 Å². The van der Waals surface area contributed by atoms with Crippen molar-refractivity contribution < 1.29 is 4.79 Å².